The lowest BCUT2D eigenvalue weighted by molar-refractivity contribution is -0.121. The lowest BCUT2D eigenvalue weighted by atomic mass is 10.00. The molecule has 3 heteroatoms. The first-order chi connectivity index (χ1) is 7.00. The Morgan fingerprint density at radius 1 is 1.33 bits per heavy atom. The maximum atomic E-state index is 12.8. The van der Waals surface area contributed by atoms with E-state index in [1.807, 2.05) is 0 Å². The molecule has 0 bridgehead atoms. The van der Waals surface area contributed by atoms with Gasteiger partial charge in [-0.3, -0.25) is 9.59 Å². The second kappa shape index (κ2) is 4.82. The van der Waals surface area contributed by atoms with Crippen molar-refractivity contribution in [2.24, 2.45) is 5.92 Å². The molecule has 1 rings (SSSR count). The van der Waals surface area contributed by atoms with E-state index in [1.165, 1.54) is 18.2 Å². The molecule has 0 N–H and O–H groups in total. The van der Waals surface area contributed by atoms with Crippen LogP contribution in [0.1, 0.15) is 30.6 Å². The van der Waals surface area contributed by atoms with Crippen molar-refractivity contribution in [3.63, 3.8) is 0 Å². The Labute approximate surface area is 88.1 Å². The molecule has 0 aromatic heterocycles. The average Bonchev–Trinajstić information content (AvgIpc) is 2.17. The van der Waals surface area contributed by atoms with Crippen LogP contribution in [0.2, 0.25) is 0 Å². The Morgan fingerprint density at radius 2 is 2.00 bits per heavy atom. The van der Waals surface area contributed by atoms with Crippen LogP contribution in [0.25, 0.3) is 0 Å². The lowest BCUT2D eigenvalue weighted by Crippen LogP contribution is -2.13. The van der Waals surface area contributed by atoms with Crippen molar-refractivity contribution in [1.29, 1.82) is 0 Å². The van der Waals surface area contributed by atoms with Gasteiger partial charge in [-0.1, -0.05) is 26.0 Å². The van der Waals surface area contributed by atoms with Crippen LogP contribution in [0.3, 0.4) is 0 Å². The third kappa shape index (κ3) is 3.27. The third-order valence-corrected chi connectivity index (χ3v) is 2.13. The minimum absolute atomic E-state index is 0.121. The Kier molecular flexibility index (Phi) is 3.72. The van der Waals surface area contributed by atoms with Crippen LogP contribution in [-0.2, 0) is 4.79 Å². The summed E-state index contributed by atoms with van der Waals surface area (Å²) in [4.78, 5) is 22.8. The fourth-order valence-corrected chi connectivity index (χ4v) is 1.13. The number of Topliss-reactive ketones (excluding diaryl/α,β-unsaturated/α-hetero) is 2. The van der Waals surface area contributed by atoms with E-state index in [0.29, 0.717) is 0 Å². The van der Waals surface area contributed by atoms with E-state index in [0.717, 1.165) is 6.07 Å². The zero-order valence-electron chi connectivity index (χ0n) is 8.79. The van der Waals surface area contributed by atoms with Gasteiger partial charge in [0.1, 0.15) is 11.6 Å². The van der Waals surface area contributed by atoms with Crippen molar-refractivity contribution < 1.29 is 14.0 Å². The molecule has 0 fully saturated rings. The average molecular weight is 208 g/mol. The van der Waals surface area contributed by atoms with Gasteiger partial charge in [0, 0.05) is 11.5 Å². The number of ketones is 2. The molecule has 0 aliphatic carbocycles. The maximum absolute atomic E-state index is 12.8. The van der Waals surface area contributed by atoms with Gasteiger partial charge in [0.25, 0.3) is 0 Å². The first-order valence-electron chi connectivity index (χ1n) is 4.82. The van der Waals surface area contributed by atoms with Gasteiger partial charge in [0.15, 0.2) is 5.78 Å². The Bertz CT molecular complexity index is 383. The molecule has 1 aromatic rings. The highest BCUT2D eigenvalue weighted by Gasteiger charge is 2.14. The highest BCUT2D eigenvalue weighted by molar-refractivity contribution is 6.08. The van der Waals surface area contributed by atoms with E-state index >= 15 is 0 Å². The van der Waals surface area contributed by atoms with Crippen molar-refractivity contribution >= 4 is 11.6 Å². The monoisotopic (exact) mass is 208 g/mol. The van der Waals surface area contributed by atoms with Crippen molar-refractivity contribution in [3.8, 4) is 0 Å². The number of benzene rings is 1. The third-order valence-electron chi connectivity index (χ3n) is 2.13. The van der Waals surface area contributed by atoms with Crippen LogP contribution >= 0.6 is 0 Å². The number of rotatable bonds is 4. The molecule has 0 saturated carbocycles. The number of halogens is 1. The smallest absolute Gasteiger partial charge is 0.170 e. The largest absolute Gasteiger partial charge is 0.299 e. The number of carbonyl (C=O) groups excluding carboxylic acids is 2. The van der Waals surface area contributed by atoms with Crippen molar-refractivity contribution in [1.82, 2.24) is 0 Å². The first kappa shape index (κ1) is 11.6. The highest BCUT2D eigenvalue weighted by atomic mass is 19.1. The van der Waals surface area contributed by atoms with E-state index in [-0.39, 0.29) is 29.5 Å². The summed E-state index contributed by atoms with van der Waals surface area (Å²) >= 11 is 0. The summed E-state index contributed by atoms with van der Waals surface area (Å²) in [6, 6.07) is 5.39. The second-order valence-corrected chi connectivity index (χ2v) is 3.73. The molecule has 0 radical (unpaired) electrons. The minimum Gasteiger partial charge on any atom is -0.299 e. The van der Waals surface area contributed by atoms with Crippen molar-refractivity contribution in [2.75, 3.05) is 0 Å². The molecular formula is C12H13FO2. The topological polar surface area (TPSA) is 34.1 Å². The van der Waals surface area contributed by atoms with Gasteiger partial charge in [-0.15, -0.1) is 0 Å². The molecule has 15 heavy (non-hydrogen) atoms. The molecule has 2 nitrogen and oxygen atoms in total. The predicted molar refractivity (Wildman–Crippen MR) is 55.2 cm³/mol. The summed E-state index contributed by atoms with van der Waals surface area (Å²) < 4.78 is 12.8. The molecule has 0 amide bonds. The van der Waals surface area contributed by atoms with Gasteiger partial charge >= 0.3 is 0 Å². The van der Waals surface area contributed by atoms with Gasteiger partial charge in [-0.05, 0) is 12.1 Å². The molecule has 0 spiro atoms. The van der Waals surface area contributed by atoms with Gasteiger partial charge < -0.3 is 0 Å². The van der Waals surface area contributed by atoms with Crippen LogP contribution < -0.4 is 0 Å². The SMILES string of the molecule is CC(C)C(=O)CC(=O)c1cccc(F)c1. The highest BCUT2D eigenvalue weighted by Crippen LogP contribution is 2.09. The number of hydrogen-bond donors (Lipinski definition) is 0. The van der Waals surface area contributed by atoms with E-state index in [2.05, 4.69) is 0 Å². The molecule has 0 aliphatic heterocycles. The summed E-state index contributed by atoms with van der Waals surface area (Å²) in [7, 11) is 0. The van der Waals surface area contributed by atoms with E-state index < -0.39 is 5.82 Å². The Balaban J connectivity index is 2.74. The summed E-state index contributed by atoms with van der Waals surface area (Å²) in [6.45, 7) is 3.47. The van der Waals surface area contributed by atoms with Gasteiger partial charge in [0.05, 0.1) is 6.42 Å². The zero-order chi connectivity index (χ0) is 11.4. The van der Waals surface area contributed by atoms with Crippen LogP contribution in [0.15, 0.2) is 24.3 Å². The van der Waals surface area contributed by atoms with E-state index in [4.69, 9.17) is 0 Å². The van der Waals surface area contributed by atoms with Crippen LogP contribution in [0.5, 0.6) is 0 Å². The van der Waals surface area contributed by atoms with Crippen molar-refractivity contribution in [3.05, 3.63) is 35.6 Å². The molecule has 0 atom stereocenters. The summed E-state index contributed by atoms with van der Waals surface area (Å²) in [6.07, 6.45) is -0.152. The Hall–Kier alpha value is -1.51. The van der Waals surface area contributed by atoms with Crippen molar-refractivity contribution in [2.45, 2.75) is 20.3 Å². The van der Waals surface area contributed by atoms with Crippen LogP contribution in [-0.4, -0.2) is 11.6 Å². The van der Waals surface area contributed by atoms with Crippen LogP contribution in [0.4, 0.5) is 4.39 Å². The van der Waals surface area contributed by atoms with Gasteiger partial charge in [-0.2, -0.15) is 0 Å². The Morgan fingerprint density at radius 3 is 2.53 bits per heavy atom. The maximum Gasteiger partial charge on any atom is 0.170 e. The molecular weight excluding hydrogens is 195 g/mol. The summed E-state index contributed by atoms with van der Waals surface area (Å²) in [5, 5.41) is 0. The minimum atomic E-state index is -0.460. The second-order valence-electron chi connectivity index (χ2n) is 3.73. The number of hydrogen-bond acceptors (Lipinski definition) is 2. The summed E-state index contributed by atoms with van der Waals surface area (Å²) in [5.74, 6) is -1.07. The zero-order valence-corrected chi connectivity index (χ0v) is 8.79. The fourth-order valence-electron chi connectivity index (χ4n) is 1.13. The van der Waals surface area contributed by atoms with Gasteiger partial charge in [-0.25, -0.2) is 4.39 Å². The van der Waals surface area contributed by atoms with E-state index in [1.54, 1.807) is 13.8 Å². The quantitative estimate of drug-likeness (QED) is 0.563. The summed E-state index contributed by atoms with van der Waals surface area (Å²) in [5.41, 5.74) is 0.254. The molecule has 80 valence electrons. The predicted octanol–water partition coefficient (Wildman–Crippen LogP) is 2.62. The molecule has 0 saturated heterocycles. The standard InChI is InChI=1S/C12H13FO2/c1-8(2)11(14)7-12(15)9-4-3-5-10(13)6-9/h3-6,8H,7H2,1-2H3. The van der Waals surface area contributed by atoms with Gasteiger partial charge in [0.2, 0.25) is 0 Å². The number of carbonyl (C=O) groups is 2. The molecule has 0 unspecified atom stereocenters. The normalized spacial score (nSPS) is 10.4. The lowest BCUT2D eigenvalue weighted by Gasteiger charge is -2.03. The van der Waals surface area contributed by atoms with Crippen LogP contribution in [0, 0.1) is 11.7 Å². The first-order valence-corrected chi connectivity index (χ1v) is 4.82. The fraction of sp³-hybridized carbons (Fsp3) is 0.333. The molecule has 1 aromatic carbocycles. The molecule has 0 heterocycles. The van der Waals surface area contributed by atoms with E-state index in [9.17, 15) is 14.0 Å². The molecule has 0 aliphatic rings.